The van der Waals surface area contributed by atoms with Crippen molar-refractivity contribution >= 4 is 11.6 Å². The quantitative estimate of drug-likeness (QED) is 0.752. The zero-order valence-electron chi connectivity index (χ0n) is 10.6. The van der Waals surface area contributed by atoms with Crippen molar-refractivity contribution < 1.29 is 4.74 Å². The lowest BCUT2D eigenvalue weighted by atomic mass is 10.1. The fraction of sp³-hybridized carbons (Fsp3) is 0.538. The monoisotopic (exact) mass is 243 g/mol. The van der Waals surface area contributed by atoms with E-state index in [0.717, 1.165) is 17.2 Å². The minimum Gasteiger partial charge on any atom is -0.372 e. The molecular formula is C13H22ClNO. The second-order valence-corrected chi connectivity index (χ2v) is 3.98. The fourth-order valence-corrected chi connectivity index (χ4v) is 1.41. The van der Waals surface area contributed by atoms with Gasteiger partial charge in [0.05, 0.1) is 13.2 Å². The van der Waals surface area contributed by atoms with Crippen LogP contribution < -0.4 is 5.32 Å². The van der Waals surface area contributed by atoms with E-state index in [1.165, 1.54) is 12.0 Å². The minimum atomic E-state index is 0.676. The van der Waals surface area contributed by atoms with Gasteiger partial charge < -0.3 is 10.1 Å². The Balaban J connectivity index is 0.000000321. The normalized spacial score (nSPS) is 11.8. The van der Waals surface area contributed by atoms with Gasteiger partial charge in [0.2, 0.25) is 0 Å². The van der Waals surface area contributed by atoms with Crippen molar-refractivity contribution in [1.82, 2.24) is 5.32 Å². The average Bonchev–Trinajstić information content (AvgIpc) is 2.69. The molecule has 1 heterocycles. The Kier molecular flexibility index (Phi) is 9.30. The van der Waals surface area contributed by atoms with Crippen LogP contribution in [0.25, 0.3) is 0 Å². The Hall–Kier alpha value is -0.570. The Bertz CT molecular complexity index is 287. The Morgan fingerprint density at radius 1 is 1.25 bits per heavy atom. The van der Waals surface area contributed by atoms with Crippen LogP contribution in [0.4, 0.5) is 0 Å². The van der Waals surface area contributed by atoms with Crippen molar-refractivity contribution in [3.05, 3.63) is 34.3 Å². The highest BCUT2D eigenvalue weighted by atomic mass is 35.5. The Morgan fingerprint density at radius 2 is 1.81 bits per heavy atom. The van der Waals surface area contributed by atoms with Gasteiger partial charge in [-0.25, -0.2) is 0 Å². The maximum Gasteiger partial charge on any atom is 0.0739 e. The fourth-order valence-electron chi connectivity index (χ4n) is 1.16. The van der Waals surface area contributed by atoms with E-state index in [9.17, 15) is 0 Å². The molecule has 0 radical (unpaired) electrons. The van der Waals surface area contributed by atoms with Crippen LogP contribution in [0.2, 0.25) is 5.02 Å². The largest absolute Gasteiger partial charge is 0.372 e. The summed E-state index contributed by atoms with van der Waals surface area (Å²) < 4.78 is 5.21. The van der Waals surface area contributed by atoms with Gasteiger partial charge in [-0.15, -0.1) is 0 Å². The predicted octanol–water partition coefficient (Wildman–Crippen LogP) is 3.62. The highest BCUT2D eigenvalue weighted by Gasteiger charge is 2.12. The van der Waals surface area contributed by atoms with Crippen LogP contribution in [0.5, 0.6) is 0 Å². The van der Waals surface area contributed by atoms with Crippen LogP contribution in [0.1, 0.15) is 31.4 Å². The molecule has 0 amide bonds. The molecule has 0 aromatic heterocycles. The van der Waals surface area contributed by atoms with E-state index in [0.29, 0.717) is 6.61 Å². The van der Waals surface area contributed by atoms with Crippen molar-refractivity contribution in [2.45, 2.75) is 33.5 Å². The molecule has 0 bridgehead atoms. The average molecular weight is 244 g/mol. The van der Waals surface area contributed by atoms with Gasteiger partial charge in [0.1, 0.15) is 0 Å². The van der Waals surface area contributed by atoms with Gasteiger partial charge in [-0.2, -0.15) is 0 Å². The minimum absolute atomic E-state index is 0.676. The van der Waals surface area contributed by atoms with E-state index in [1.54, 1.807) is 0 Å². The topological polar surface area (TPSA) is 21.3 Å². The zero-order valence-corrected chi connectivity index (χ0v) is 11.4. The molecule has 0 saturated carbocycles. The zero-order chi connectivity index (χ0) is 12.4. The van der Waals surface area contributed by atoms with E-state index in [1.807, 2.05) is 32.3 Å². The lowest BCUT2D eigenvalue weighted by Gasteiger charge is -1.96. The lowest BCUT2D eigenvalue weighted by Crippen LogP contribution is -1.89. The van der Waals surface area contributed by atoms with Crippen molar-refractivity contribution in [3.8, 4) is 0 Å². The Morgan fingerprint density at radius 3 is 2.31 bits per heavy atom. The number of hydrogen-bond donors (Lipinski definition) is 1. The van der Waals surface area contributed by atoms with Gasteiger partial charge >= 0.3 is 0 Å². The van der Waals surface area contributed by atoms with Crippen LogP contribution in [0.3, 0.4) is 0 Å². The molecule has 3 heteroatoms. The van der Waals surface area contributed by atoms with E-state index in [-0.39, 0.29) is 0 Å². The standard InChI is InChI=1S/C8H7ClO.C3H8.C2H7N/c9-8-3-1-2-6-4-10-5-7(6)8;2*1-3-2/h1-3H,4-5H2;3H2,1-2H3;3H,1-2H3. The molecule has 1 aromatic carbocycles. The highest BCUT2D eigenvalue weighted by molar-refractivity contribution is 6.31. The molecule has 0 aliphatic carbocycles. The molecule has 1 N–H and O–H groups in total. The lowest BCUT2D eigenvalue weighted by molar-refractivity contribution is 0.134. The molecule has 92 valence electrons. The van der Waals surface area contributed by atoms with E-state index in [4.69, 9.17) is 16.3 Å². The molecule has 16 heavy (non-hydrogen) atoms. The van der Waals surface area contributed by atoms with Crippen LogP contribution >= 0.6 is 11.6 Å². The number of fused-ring (bicyclic) bond motifs is 1. The van der Waals surface area contributed by atoms with Crippen molar-refractivity contribution in [3.63, 3.8) is 0 Å². The summed E-state index contributed by atoms with van der Waals surface area (Å²) in [5, 5.41) is 3.58. The maximum absolute atomic E-state index is 5.89. The molecule has 1 aliphatic heterocycles. The summed E-state index contributed by atoms with van der Waals surface area (Å²) in [5.41, 5.74) is 2.39. The number of nitrogens with one attached hydrogen (secondary N) is 1. The van der Waals surface area contributed by atoms with E-state index in [2.05, 4.69) is 19.2 Å². The smallest absolute Gasteiger partial charge is 0.0739 e. The van der Waals surface area contributed by atoms with Gasteiger partial charge in [-0.3, -0.25) is 0 Å². The molecular weight excluding hydrogens is 222 g/mol. The first kappa shape index (κ1) is 15.4. The van der Waals surface area contributed by atoms with Crippen LogP contribution in [0.15, 0.2) is 18.2 Å². The van der Waals surface area contributed by atoms with Crippen molar-refractivity contribution in [2.75, 3.05) is 14.1 Å². The van der Waals surface area contributed by atoms with E-state index < -0.39 is 0 Å². The van der Waals surface area contributed by atoms with Gasteiger partial charge in [0, 0.05) is 10.6 Å². The molecule has 0 atom stereocenters. The predicted molar refractivity (Wildman–Crippen MR) is 70.9 cm³/mol. The highest BCUT2D eigenvalue weighted by Crippen LogP contribution is 2.26. The number of hydrogen-bond acceptors (Lipinski definition) is 2. The van der Waals surface area contributed by atoms with Crippen LogP contribution in [-0.4, -0.2) is 14.1 Å². The summed E-state index contributed by atoms with van der Waals surface area (Å²) in [5.74, 6) is 0. The molecule has 2 rings (SSSR count). The molecule has 2 nitrogen and oxygen atoms in total. The summed E-state index contributed by atoms with van der Waals surface area (Å²) in [6.45, 7) is 5.64. The molecule has 0 saturated heterocycles. The van der Waals surface area contributed by atoms with Crippen LogP contribution in [-0.2, 0) is 18.0 Å². The van der Waals surface area contributed by atoms with Crippen molar-refractivity contribution in [2.24, 2.45) is 0 Å². The number of ether oxygens (including phenoxy) is 1. The molecule has 1 aliphatic rings. The SMILES string of the molecule is CCC.CNC.Clc1cccc2c1COC2. The summed E-state index contributed by atoms with van der Waals surface area (Å²) in [4.78, 5) is 0. The summed E-state index contributed by atoms with van der Waals surface area (Å²) in [7, 11) is 3.75. The van der Waals surface area contributed by atoms with E-state index >= 15 is 0 Å². The van der Waals surface area contributed by atoms with Gasteiger partial charge in [-0.05, 0) is 25.7 Å². The second-order valence-electron chi connectivity index (χ2n) is 3.58. The number of benzene rings is 1. The molecule has 0 unspecified atom stereocenters. The molecule has 1 aromatic rings. The molecule has 0 fully saturated rings. The summed E-state index contributed by atoms with van der Waals surface area (Å²) in [6.07, 6.45) is 1.25. The number of rotatable bonds is 0. The first-order valence-electron chi connectivity index (χ1n) is 5.63. The molecule has 0 spiro atoms. The van der Waals surface area contributed by atoms with Gasteiger partial charge in [0.25, 0.3) is 0 Å². The first-order chi connectivity index (χ1) is 7.71. The number of halogens is 1. The Labute approximate surface area is 104 Å². The first-order valence-corrected chi connectivity index (χ1v) is 6.01. The van der Waals surface area contributed by atoms with Crippen LogP contribution in [0, 0.1) is 0 Å². The third-order valence-electron chi connectivity index (χ3n) is 1.72. The summed E-state index contributed by atoms with van der Waals surface area (Å²) >= 11 is 5.89. The third-order valence-corrected chi connectivity index (χ3v) is 2.07. The summed E-state index contributed by atoms with van der Waals surface area (Å²) in [6, 6.07) is 5.90. The second kappa shape index (κ2) is 9.64. The maximum atomic E-state index is 5.89. The van der Waals surface area contributed by atoms with Gasteiger partial charge in [-0.1, -0.05) is 44.0 Å². The van der Waals surface area contributed by atoms with Crippen molar-refractivity contribution in [1.29, 1.82) is 0 Å². The van der Waals surface area contributed by atoms with Gasteiger partial charge in [0.15, 0.2) is 0 Å². The third kappa shape index (κ3) is 5.50.